The molecule has 1 unspecified atom stereocenters. The highest BCUT2D eigenvalue weighted by Crippen LogP contribution is 2.31. The molecule has 0 saturated carbocycles. The number of nitrogens with two attached hydrogens (primary N) is 1. The van der Waals surface area contributed by atoms with Gasteiger partial charge in [0.1, 0.15) is 6.33 Å². The second kappa shape index (κ2) is 12.8. The molecular weight excluding hydrogens is 538 g/mol. The summed E-state index contributed by atoms with van der Waals surface area (Å²) in [5.41, 5.74) is 14.8. The van der Waals surface area contributed by atoms with Gasteiger partial charge in [-0.3, -0.25) is 14.9 Å². The highest BCUT2D eigenvalue weighted by Gasteiger charge is 2.28. The van der Waals surface area contributed by atoms with Crippen LogP contribution in [-0.4, -0.2) is 69.4 Å². The van der Waals surface area contributed by atoms with E-state index >= 15 is 0 Å². The van der Waals surface area contributed by atoms with Gasteiger partial charge in [0.2, 0.25) is 11.8 Å². The molecule has 2 aliphatic heterocycles. The van der Waals surface area contributed by atoms with Gasteiger partial charge in [0.15, 0.2) is 0 Å². The first-order valence-electron chi connectivity index (χ1n) is 15.3. The molecule has 43 heavy (non-hydrogen) atoms. The van der Waals surface area contributed by atoms with Crippen molar-refractivity contribution in [1.82, 2.24) is 29.7 Å². The van der Waals surface area contributed by atoms with Crippen molar-refractivity contribution in [3.8, 4) is 11.3 Å². The number of aryl methyl sites for hydroxylation is 1. The summed E-state index contributed by atoms with van der Waals surface area (Å²) in [5, 5.41) is 6.93. The lowest BCUT2D eigenvalue weighted by Gasteiger charge is -2.33. The van der Waals surface area contributed by atoms with E-state index in [1.54, 1.807) is 6.33 Å². The van der Waals surface area contributed by atoms with E-state index in [-0.39, 0.29) is 17.7 Å². The van der Waals surface area contributed by atoms with E-state index < -0.39 is 0 Å². The van der Waals surface area contributed by atoms with Crippen LogP contribution in [0.5, 0.6) is 0 Å². The number of hydrogen-bond donors (Lipinski definition) is 2. The topological polar surface area (TPSA) is 109 Å². The zero-order valence-corrected chi connectivity index (χ0v) is 25.1. The van der Waals surface area contributed by atoms with Crippen molar-refractivity contribution in [2.75, 3.05) is 33.2 Å². The molecule has 2 aromatic heterocycles. The maximum absolute atomic E-state index is 12.2. The number of aromatic nitrogens is 3. The molecule has 2 amide bonds. The van der Waals surface area contributed by atoms with Gasteiger partial charge in [-0.05, 0) is 92.2 Å². The van der Waals surface area contributed by atoms with Crippen molar-refractivity contribution in [1.29, 1.82) is 0 Å². The van der Waals surface area contributed by atoms with Crippen molar-refractivity contribution in [2.45, 2.75) is 57.5 Å². The summed E-state index contributed by atoms with van der Waals surface area (Å²) in [6.07, 6.45) is 7.01. The predicted octanol–water partition coefficient (Wildman–Crippen LogP) is 4.00. The number of rotatable bonds is 9. The smallest absolute Gasteiger partial charge is 0.234 e. The van der Waals surface area contributed by atoms with Crippen LogP contribution in [-0.2, 0) is 22.7 Å². The monoisotopic (exact) mass is 579 g/mol. The van der Waals surface area contributed by atoms with E-state index in [0.717, 1.165) is 73.5 Å². The summed E-state index contributed by atoms with van der Waals surface area (Å²) in [5.74, 6) is -0.0119. The standard InChI is InChI=1S/C34H41N7O2/c1-23-17-28(7-8-29(23)19-35)33-31-18-24(21-41(31)37-22-36-33)20-39(2)15-16-40-13-11-26(12-14-40)25-3-5-27(6-4-25)30-9-10-32(42)38-34(30)43/h3-8,17-18,21-22,26,30H,9-16,19-20,35H2,1-2H3,(H,38,42,43). The molecule has 9 heteroatoms. The Morgan fingerprint density at radius 2 is 1.79 bits per heavy atom. The van der Waals surface area contributed by atoms with E-state index in [1.807, 2.05) is 4.52 Å². The van der Waals surface area contributed by atoms with Gasteiger partial charge in [0.05, 0.1) is 17.1 Å². The molecule has 6 rings (SSSR count). The Bertz CT molecular complexity index is 1610. The van der Waals surface area contributed by atoms with Crippen LogP contribution in [0.25, 0.3) is 16.8 Å². The Morgan fingerprint density at radius 3 is 2.51 bits per heavy atom. The zero-order chi connectivity index (χ0) is 29.9. The number of carbonyl (C=O) groups excluding carboxylic acids is 2. The highest BCUT2D eigenvalue weighted by atomic mass is 16.2. The number of piperidine rings is 2. The molecule has 2 aliphatic rings. The van der Waals surface area contributed by atoms with Gasteiger partial charge in [-0.2, -0.15) is 5.10 Å². The number of imide groups is 1. The van der Waals surface area contributed by atoms with Gasteiger partial charge in [-0.1, -0.05) is 36.4 Å². The number of benzene rings is 2. The Hall–Kier alpha value is -3.92. The molecule has 0 spiro atoms. The Kier molecular flexibility index (Phi) is 8.65. The van der Waals surface area contributed by atoms with Crippen LogP contribution in [0.4, 0.5) is 0 Å². The number of nitrogens with one attached hydrogen (secondary N) is 1. The van der Waals surface area contributed by atoms with Gasteiger partial charge in [-0.15, -0.1) is 0 Å². The summed E-state index contributed by atoms with van der Waals surface area (Å²) in [4.78, 5) is 33.3. The maximum Gasteiger partial charge on any atom is 0.234 e. The van der Waals surface area contributed by atoms with Crippen molar-refractivity contribution in [3.63, 3.8) is 0 Å². The lowest BCUT2D eigenvalue weighted by Crippen LogP contribution is -2.39. The zero-order valence-electron chi connectivity index (χ0n) is 25.1. The molecule has 0 bridgehead atoms. The number of likely N-dealkylation sites (tertiary alicyclic amines) is 1. The second-order valence-electron chi connectivity index (χ2n) is 12.2. The van der Waals surface area contributed by atoms with E-state index in [9.17, 15) is 9.59 Å². The van der Waals surface area contributed by atoms with Gasteiger partial charge in [0, 0.05) is 44.4 Å². The fraction of sp³-hybridized carbons (Fsp3) is 0.412. The van der Waals surface area contributed by atoms with Crippen molar-refractivity contribution in [3.05, 3.63) is 88.9 Å². The van der Waals surface area contributed by atoms with Gasteiger partial charge in [0.25, 0.3) is 0 Å². The third-order valence-electron chi connectivity index (χ3n) is 9.19. The quantitative estimate of drug-likeness (QED) is 0.289. The number of carbonyl (C=O) groups is 2. The fourth-order valence-corrected chi connectivity index (χ4v) is 6.57. The lowest BCUT2D eigenvalue weighted by atomic mass is 9.86. The third kappa shape index (κ3) is 6.54. The van der Waals surface area contributed by atoms with Gasteiger partial charge >= 0.3 is 0 Å². The van der Waals surface area contributed by atoms with Crippen LogP contribution in [0, 0.1) is 6.92 Å². The summed E-state index contributed by atoms with van der Waals surface area (Å²) >= 11 is 0. The third-order valence-corrected chi connectivity index (χ3v) is 9.19. The predicted molar refractivity (Wildman–Crippen MR) is 167 cm³/mol. The average molecular weight is 580 g/mol. The van der Waals surface area contributed by atoms with Crippen molar-refractivity contribution >= 4 is 17.3 Å². The molecule has 0 radical (unpaired) electrons. The molecule has 3 N–H and O–H groups in total. The Balaban J connectivity index is 0.998. The molecule has 2 fully saturated rings. The number of fused-ring (bicyclic) bond motifs is 1. The number of likely N-dealkylation sites (N-methyl/N-ethyl adjacent to an activating group) is 1. The van der Waals surface area contributed by atoms with Crippen molar-refractivity contribution < 1.29 is 9.59 Å². The normalized spacial score (nSPS) is 18.5. The summed E-state index contributed by atoms with van der Waals surface area (Å²) in [7, 11) is 2.18. The summed E-state index contributed by atoms with van der Waals surface area (Å²) < 4.78 is 1.93. The largest absolute Gasteiger partial charge is 0.326 e. The number of hydrogen-bond acceptors (Lipinski definition) is 7. The molecule has 224 valence electrons. The van der Waals surface area contributed by atoms with Crippen LogP contribution < -0.4 is 11.1 Å². The molecule has 4 aromatic rings. The number of nitrogens with zero attached hydrogens (tertiary/aromatic N) is 5. The SMILES string of the molecule is Cc1cc(-c2ncnn3cc(CN(C)CCN4CCC(c5ccc(C6CCC(=O)NC6=O)cc5)CC4)cc23)ccc1CN. The van der Waals surface area contributed by atoms with Crippen LogP contribution in [0.1, 0.15) is 65.3 Å². The van der Waals surface area contributed by atoms with Crippen LogP contribution in [0.15, 0.2) is 61.1 Å². The van der Waals surface area contributed by atoms with Crippen LogP contribution in [0.2, 0.25) is 0 Å². The van der Waals surface area contributed by atoms with E-state index in [1.165, 1.54) is 16.7 Å². The molecule has 2 aromatic carbocycles. The maximum atomic E-state index is 12.2. The minimum absolute atomic E-state index is 0.168. The molecule has 4 heterocycles. The van der Waals surface area contributed by atoms with E-state index in [0.29, 0.717) is 25.3 Å². The second-order valence-corrected chi connectivity index (χ2v) is 12.2. The lowest BCUT2D eigenvalue weighted by molar-refractivity contribution is -0.134. The average Bonchev–Trinajstić information content (AvgIpc) is 3.43. The fourth-order valence-electron chi connectivity index (χ4n) is 6.57. The van der Waals surface area contributed by atoms with Crippen LogP contribution >= 0.6 is 0 Å². The Labute approximate surface area is 253 Å². The first kappa shape index (κ1) is 29.2. The Morgan fingerprint density at radius 1 is 1.02 bits per heavy atom. The highest BCUT2D eigenvalue weighted by molar-refractivity contribution is 6.00. The summed E-state index contributed by atoms with van der Waals surface area (Å²) in [6.45, 7) is 7.69. The minimum Gasteiger partial charge on any atom is -0.326 e. The molecule has 0 aliphatic carbocycles. The molecule has 2 saturated heterocycles. The number of amides is 2. The van der Waals surface area contributed by atoms with E-state index in [4.69, 9.17) is 5.73 Å². The first-order chi connectivity index (χ1) is 20.9. The molecular formula is C34H41N7O2. The molecule has 1 atom stereocenters. The summed E-state index contributed by atoms with van der Waals surface area (Å²) in [6, 6.07) is 17.1. The minimum atomic E-state index is -0.218. The van der Waals surface area contributed by atoms with E-state index in [2.05, 4.69) is 93.9 Å². The van der Waals surface area contributed by atoms with Crippen molar-refractivity contribution in [2.24, 2.45) is 5.73 Å². The van der Waals surface area contributed by atoms with Gasteiger partial charge < -0.3 is 15.5 Å². The first-order valence-corrected chi connectivity index (χ1v) is 15.3. The van der Waals surface area contributed by atoms with Gasteiger partial charge in [-0.25, -0.2) is 9.50 Å². The van der Waals surface area contributed by atoms with Crippen LogP contribution in [0.3, 0.4) is 0 Å². The molecule has 9 nitrogen and oxygen atoms in total.